The topological polar surface area (TPSA) is 32.9 Å². The van der Waals surface area contributed by atoms with Crippen molar-refractivity contribution in [3.63, 3.8) is 0 Å². The van der Waals surface area contributed by atoms with Crippen LogP contribution in [0.4, 0.5) is 11.4 Å². The van der Waals surface area contributed by atoms with Crippen LogP contribution in [0.15, 0.2) is 89.1 Å². The molecule has 0 aliphatic heterocycles. The number of thiazole rings is 1. The van der Waals surface area contributed by atoms with Crippen molar-refractivity contribution in [3.8, 4) is 0 Å². The summed E-state index contributed by atoms with van der Waals surface area (Å²) in [7, 11) is 4.08. The van der Waals surface area contributed by atoms with Crippen LogP contribution in [0.25, 0.3) is 10.2 Å². The molecule has 0 N–H and O–H groups in total. The lowest BCUT2D eigenvalue weighted by Gasteiger charge is -2.19. The Morgan fingerprint density at radius 2 is 1.52 bits per heavy atom. The SMILES string of the molecule is CN(c1ccccc1)c1ccc(/C=N/N=c2/sc3ccccc3n2C)cc1. The van der Waals surface area contributed by atoms with Crippen LogP contribution in [0.2, 0.25) is 0 Å². The van der Waals surface area contributed by atoms with E-state index < -0.39 is 0 Å². The fourth-order valence-corrected chi connectivity index (χ4v) is 3.88. The molecule has 4 rings (SSSR count). The molecule has 0 atom stereocenters. The number of hydrogen-bond acceptors (Lipinski definition) is 4. The Balaban J connectivity index is 1.53. The number of benzene rings is 3. The minimum atomic E-state index is 0.882. The highest BCUT2D eigenvalue weighted by molar-refractivity contribution is 7.16. The van der Waals surface area contributed by atoms with Crippen LogP contribution < -0.4 is 9.70 Å². The summed E-state index contributed by atoms with van der Waals surface area (Å²) in [6.07, 6.45) is 1.79. The molecular weight excluding hydrogens is 352 g/mol. The summed E-state index contributed by atoms with van der Waals surface area (Å²) in [4.78, 5) is 3.04. The Bertz CT molecular complexity index is 1140. The van der Waals surface area contributed by atoms with Gasteiger partial charge in [-0.3, -0.25) is 0 Å². The first kappa shape index (κ1) is 17.2. The first-order chi connectivity index (χ1) is 13.2. The van der Waals surface area contributed by atoms with Crippen molar-refractivity contribution in [1.29, 1.82) is 0 Å². The predicted octanol–water partition coefficient (Wildman–Crippen LogP) is 4.94. The van der Waals surface area contributed by atoms with Gasteiger partial charge in [-0.15, -0.1) is 5.10 Å². The summed E-state index contributed by atoms with van der Waals surface area (Å²) in [5.74, 6) is 0. The molecule has 0 amide bonds. The van der Waals surface area contributed by atoms with Crippen molar-refractivity contribution >= 4 is 39.1 Å². The number of aryl methyl sites for hydroxylation is 1. The van der Waals surface area contributed by atoms with E-state index >= 15 is 0 Å². The predicted molar refractivity (Wildman–Crippen MR) is 115 cm³/mol. The molecule has 0 spiro atoms. The van der Waals surface area contributed by atoms with Crippen LogP contribution in [0.1, 0.15) is 5.56 Å². The summed E-state index contributed by atoms with van der Waals surface area (Å²) < 4.78 is 3.28. The molecule has 0 aliphatic rings. The molecule has 27 heavy (non-hydrogen) atoms. The minimum absolute atomic E-state index is 0.882. The summed E-state index contributed by atoms with van der Waals surface area (Å²) in [5.41, 5.74) is 4.48. The average Bonchev–Trinajstić information content (AvgIpc) is 3.05. The summed E-state index contributed by atoms with van der Waals surface area (Å²) in [6, 6.07) is 26.9. The second-order valence-corrected chi connectivity index (χ2v) is 7.25. The van der Waals surface area contributed by atoms with E-state index in [2.05, 4.69) is 75.2 Å². The van der Waals surface area contributed by atoms with E-state index in [0.717, 1.165) is 21.7 Å². The number of nitrogens with zero attached hydrogens (tertiary/aromatic N) is 4. The van der Waals surface area contributed by atoms with Gasteiger partial charge in [0.15, 0.2) is 0 Å². The molecule has 5 heteroatoms. The number of aromatic nitrogens is 1. The van der Waals surface area contributed by atoms with Crippen molar-refractivity contribution in [3.05, 3.63) is 89.2 Å². The molecule has 0 unspecified atom stereocenters. The molecule has 0 fully saturated rings. The Morgan fingerprint density at radius 3 is 2.26 bits per heavy atom. The van der Waals surface area contributed by atoms with Gasteiger partial charge in [-0.1, -0.05) is 53.8 Å². The molecule has 0 saturated heterocycles. The summed E-state index contributed by atoms with van der Waals surface area (Å²) in [5, 5.41) is 8.66. The van der Waals surface area contributed by atoms with Gasteiger partial charge in [-0.25, -0.2) is 0 Å². The lowest BCUT2D eigenvalue weighted by atomic mass is 10.2. The van der Waals surface area contributed by atoms with Gasteiger partial charge in [0.1, 0.15) is 0 Å². The van der Waals surface area contributed by atoms with Crippen LogP contribution in [-0.4, -0.2) is 17.8 Å². The molecule has 0 aliphatic carbocycles. The highest BCUT2D eigenvalue weighted by atomic mass is 32.1. The molecule has 134 valence electrons. The molecule has 3 aromatic carbocycles. The molecule has 0 bridgehead atoms. The molecule has 4 nitrogen and oxygen atoms in total. The lowest BCUT2D eigenvalue weighted by Crippen LogP contribution is -2.09. The highest BCUT2D eigenvalue weighted by Crippen LogP contribution is 2.23. The third kappa shape index (κ3) is 3.68. The van der Waals surface area contributed by atoms with Crippen LogP contribution >= 0.6 is 11.3 Å². The largest absolute Gasteiger partial charge is 0.345 e. The van der Waals surface area contributed by atoms with Crippen molar-refractivity contribution in [2.75, 3.05) is 11.9 Å². The zero-order valence-electron chi connectivity index (χ0n) is 15.3. The summed E-state index contributed by atoms with van der Waals surface area (Å²) in [6.45, 7) is 0. The van der Waals surface area contributed by atoms with Crippen molar-refractivity contribution in [2.45, 2.75) is 0 Å². The number of hydrogen-bond donors (Lipinski definition) is 0. The Labute approximate surface area is 162 Å². The quantitative estimate of drug-likeness (QED) is 0.369. The van der Waals surface area contributed by atoms with E-state index in [0.29, 0.717) is 0 Å². The van der Waals surface area contributed by atoms with Gasteiger partial charge in [0.05, 0.1) is 16.4 Å². The van der Waals surface area contributed by atoms with E-state index in [1.807, 2.05) is 37.4 Å². The lowest BCUT2D eigenvalue weighted by molar-refractivity contribution is 0.889. The van der Waals surface area contributed by atoms with E-state index in [1.165, 1.54) is 10.2 Å². The number of anilines is 2. The minimum Gasteiger partial charge on any atom is -0.345 e. The Hall–Kier alpha value is -3.18. The maximum Gasteiger partial charge on any atom is 0.211 e. The van der Waals surface area contributed by atoms with Gasteiger partial charge in [0, 0.05) is 25.5 Å². The van der Waals surface area contributed by atoms with Crippen molar-refractivity contribution < 1.29 is 0 Å². The zero-order chi connectivity index (χ0) is 18.6. The van der Waals surface area contributed by atoms with Gasteiger partial charge in [-0.05, 0) is 42.0 Å². The van der Waals surface area contributed by atoms with E-state index in [-0.39, 0.29) is 0 Å². The van der Waals surface area contributed by atoms with E-state index in [4.69, 9.17) is 0 Å². The third-order valence-corrected chi connectivity index (χ3v) is 5.59. The Kier molecular flexibility index (Phi) is 4.85. The fourth-order valence-electron chi connectivity index (χ4n) is 2.91. The second kappa shape index (κ2) is 7.60. The molecule has 1 aromatic heterocycles. The van der Waals surface area contributed by atoms with Crippen LogP contribution in [0.5, 0.6) is 0 Å². The van der Waals surface area contributed by atoms with Crippen LogP contribution in [0, 0.1) is 0 Å². The monoisotopic (exact) mass is 372 g/mol. The Morgan fingerprint density at radius 1 is 0.852 bits per heavy atom. The number of para-hydroxylation sites is 2. The molecular formula is C22H20N4S. The van der Waals surface area contributed by atoms with Gasteiger partial charge < -0.3 is 9.47 Å². The number of rotatable bonds is 4. The van der Waals surface area contributed by atoms with E-state index in [1.54, 1.807) is 17.6 Å². The first-order valence-corrected chi connectivity index (χ1v) is 9.54. The van der Waals surface area contributed by atoms with Crippen molar-refractivity contribution in [1.82, 2.24) is 4.57 Å². The van der Waals surface area contributed by atoms with Crippen molar-refractivity contribution in [2.24, 2.45) is 17.3 Å². The van der Waals surface area contributed by atoms with Gasteiger partial charge in [0.2, 0.25) is 4.80 Å². The second-order valence-electron chi connectivity index (χ2n) is 6.24. The normalized spacial score (nSPS) is 12.1. The van der Waals surface area contributed by atoms with E-state index in [9.17, 15) is 0 Å². The zero-order valence-corrected chi connectivity index (χ0v) is 16.1. The van der Waals surface area contributed by atoms with Crippen LogP contribution in [0.3, 0.4) is 0 Å². The first-order valence-electron chi connectivity index (χ1n) is 8.73. The fraction of sp³-hybridized carbons (Fsp3) is 0.0909. The van der Waals surface area contributed by atoms with Gasteiger partial charge in [0.25, 0.3) is 0 Å². The van der Waals surface area contributed by atoms with Gasteiger partial charge >= 0.3 is 0 Å². The number of fused-ring (bicyclic) bond motifs is 1. The average molecular weight is 372 g/mol. The smallest absolute Gasteiger partial charge is 0.211 e. The van der Waals surface area contributed by atoms with Gasteiger partial charge in [-0.2, -0.15) is 5.10 Å². The standard InChI is InChI=1S/C22H20N4S/c1-25(18-8-4-3-5-9-18)19-14-12-17(13-15-19)16-23-24-22-26(2)20-10-6-7-11-21(20)27-22/h3-16H,1-2H3/b23-16+,24-22+. The molecule has 0 saturated carbocycles. The maximum absolute atomic E-state index is 4.38. The maximum atomic E-state index is 4.38. The molecule has 4 aromatic rings. The summed E-state index contributed by atoms with van der Waals surface area (Å²) >= 11 is 1.64. The third-order valence-electron chi connectivity index (χ3n) is 4.49. The molecule has 0 radical (unpaired) electrons. The highest BCUT2D eigenvalue weighted by Gasteiger charge is 2.03. The van der Waals surface area contributed by atoms with Crippen LogP contribution in [-0.2, 0) is 7.05 Å². The molecule has 1 heterocycles.